The number of hydrogen-bond acceptors (Lipinski definition) is 9. The van der Waals surface area contributed by atoms with Crippen LogP contribution in [-0.2, 0) is 19.5 Å². The summed E-state index contributed by atoms with van der Waals surface area (Å²) in [4.78, 5) is 6.95. The van der Waals surface area contributed by atoms with Gasteiger partial charge in [-0.05, 0) is 31.9 Å². The van der Waals surface area contributed by atoms with Gasteiger partial charge >= 0.3 is 6.02 Å². The maximum atomic E-state index is 14.4. The molecular formula is C27H31FN4O5S2. The zero-order chi connectivity index (χ0) is 27.6. The number of nitrogens with zero attached hydrogens (tertiary/aromatic N) is 3. The van der Waals surface area contributed by atoms with Gasteiger partial charge in [0.05, 0.1) is 24.9 Å². The number of ether oxygens (including phenoxy) is 2. The normalized spacial score (nSPS) is 21.1. The van der Waals surface area contributed by atoms with E-state index in [1.54, 1.807) is 55.5 Å². The van der Waals surface area contributed by atoms with E-state index in [2.05, 4.69) is 14.6 Å². The van der Waals surface area contributed by atoms with E-state index in [-0.39, 0.29) is 24.6 Å². The monoisotopic (exact) mass is 574 g/mol. The average molecular weight is 575 g/mol. The van der Waals surface area contributed by atoms with E-state index in [0.29, 0.717) is 18.8 Å². The van der Waals surface area contributed by atoms with Crippen LogP contribution in [0.25, 0.3) is 11.3 Å². The molecule has 1 unspecified atom stereocenters. The molecule has 2 N–H and O–H groups in total. The predicted molar refractivity (Wildman–Crippen MR) is 149 cm³/mol. The van der Waals surface area contributed by atoms with Crippen molar-refractivity contribution in [3.63, 3.8) is 0 Å². The van der Waals surface area contributed by atoms with Crippen molar-refractivity contribution in [1.82, 2.24) is 10.3 Å². The molecule has 1 aromatic heterocycles. The summed E-state index contributed by atoms with van der Waals surface area (Å²) in [6, 6.07) is 12.4. The molecule has 0 bridgehead atoms. The molecule has 0 aliphatic carbocycles. The number of morpholine rings is 1. The number of aliphatic hydroxyl groups is 1. The van der Waals surface area contributed by atoms with Crippen LogP contribution >= 0.6 is 11.3 Å². The molecule has 3 heterocycles. The summed E-state index contributed by atoms with van der Waals surface area (Å²) < 4.78 is 56.6. The Hall–Kier alpha value is -3.06. The van der Waals surface area contributed by atoms with Crippen molar-refractivity contribution >= 4 is 32.5 Å². The lowest BCUT2D eigenvalue weighted by Crippen LogP contribution is -2.47. The Balaban J connectivity index is 1.37. The largest absolute Gasteiger partial charge is 0.457 e. The van der Waals surface area contributed by atoms with Crippen molar-refractivity contribution in [3.8, 4) is 11.3 Å². The standard InChI is InChI=1S/C27H31FN4O5S2/c1-27(2)24(19-9-7-18(8-10-19)23-17-38-26(30-23)32-12-15-36-16-13-32)39(34,35)31-25(37-27)29-22(11-14-33)20-5-3-4-6-21(20)28/h3-10,17,22,24,33H,11-16H2,1-2H3,(H,29,31)/t22-,24?/m0/s1. The van der Waals surface area contributed by atoms with Crippen LogP contribution in [0.4, 0.5) is 9.52 Å². The molecule has 1 fully saturated rings. The topological polar surface area (TPSA) is 113 Å². The highest BCUT2D eigenvalue weighted by atomic mass is 32.2. The molecule has 208 valence electrons. The summed E-state index contributed by atoms with van der Waals surface area (Å²) in [5, 5.41) is 14.3. The lowest BCUT2D eigenvalue weighted by atomic mass is 9.96. The van der Waals surface area contributed by atoms with Gasteiger partial charge in [0.25, 0.3) is 10.0 Å². The van der Waals surface area contributed by atoms with Crippen molar-refractivity contribution in [1.29, 1.82) is 0 Å². The first-order chi connectivity index (χ1) is 18.7. The number of aliphatic hydroxyl groups excluding tert-OH is 1. The van der Waals surface area contributed by atoms with Crippen molar-refractivity contribution < 1.29 is 27.4 Å². The highest BCUT2D eigenvalue weighted by Gasteiger charge is 2.47. The third-order valence-corrected chi connectivity index (χ3v) is 9.54. The smallest absolute Gasteiger partial charge is 0.301 e. The van der Waals surface area contributed by atoms with Crippen LogP contribution in [0.15, 0.2) is 58.3 Å². The third kappa shape index (κ3) is 5.93. The molecule has 12 heteroatoms. The van der Waals surface area contributed by atoms with Gasteiger partial charge < -0.3 is 24.8 Å². The Morgan fingerprint density at radius 1 is 1.18 bits per heavy atom. The molecule has 0 spiro atoms. The zero-order valence-corrected chi connectivity index (χ0v) is 23.3. The lowest BCUT2D eigenvalue weighted by Gasteiger charge is -2.38. The molecule has 9 nitrogen and oxygen atoms in total. The molecule has 5 rings (SSSR count). The van der Waals surface area contributed by atoms with Gasteiger partial charge in [-0.15, -0.1) is 15.7 Å². The van der Waals surface area contributed by atoms with E-state index in [9.17, 15) is 17.9 Å². The minimum absolute atomic E-state index is 0.137. The SMILES string of the molecule is CC1(C)OC(N[C@@H](CCO)c2ccccc2F)=NS(=O)(=O)C1c1ccc(-c2csc(N3CCOCC3)n2)cc1. The molecule has 2 atom stereocenters. The number of hydrogen-bond donors (Lipinski definition) is 2. The molecule has 2 aliphatic rings. The lowest BCUT2D eigenvalue weighted by molar-refractivity contribution is 0.0759. The molecule has 39 heavy (non-hydrogen) atoms. The van der Waals surface area contributed by atoms with E-state index in [0.717, 1.165) is 29.5 Å². The molecular weight excluding hydrogens is 543 g/mol. The Morgan fingerprint density at radius 3 is 2.56 bits per heavy atom. The van der Waals surface area contributed by atoms with E-state index in [1.165, 1.54) is 6.07 Å². The minimum Gasteiger partial charge on any atom is -0.457 e. The Kier molecular flexibility index (Phi) is 7.90. The van der Waals surface area contributed by atoms with E-state index >= 15 is 0 Å². The van der Waals surface area contributed by atoms with Gasteiger partial charge in [-0.2, -0.15) is 0 Å². The van der Waals surface area contributed by atoms with Crippen LogP contribution in [0.5, 0.6) is 0 Å². The fraction of sp³-hybridized carbons (Fsp3) is 0.407. The number of benzene rings is 2. The summed E-state index contributed by atoms with van der Waals surface area (Å²) in [7, 11) is -4.06. The van der Waals surface area contributed by atoms with Gasteiger partial charge in [0, 0.05) is 36.2 Å². The van der Waals surface area contributed by atoms with E-state index < -0.39 is 32.7 Å². The van der Waals surface area contributed by atoms with Crippen LogP contribution in [0.1, 0.15) is 42.7 Å². The summed E-state index contributed by atoms with van der Waals surface area (Å²) in [6.45, 7) is 6.09. The second-order valence-electron chi connectivity index (χ2n) is 9.96. The first-order valence-electron chi connectivity index (χ1n) is 12.7. The quantitative estimate of drug-likeness (QED) is 0.435. The minimum atomic E-state index is -4.06. The molecule has 0 saturated carbocycles. The number of halogens is 1. The van der Waals surface area contributed by atoms with Gasteiger partial charge in [-0.3, -0.25) is 0 Å². The average Bonchev–Trinajstić information content (AvgIpc) is 3.39. The summed E-state index contributed by atoms with van der Waals surface area (Å²) in [5.74, 6) is -0.475. The number of thiazole rings is 1. The number of anilines is 1. The zero-order valence-electron chi connectivity index (χ0n) is 21.7. The molecule has 0 amide bonds. The Labute approximate surface area is 231 Å². The molecule has 3 aromatic rings. The van der Waals surface area contributed by atoms with E-state index in [4.69, 9.17) is 14.5 Å². The second kappa shape index (κ2) is 11.2. The van der Waals surface area contributed by atoms with Gasteiger partial charge in [-0.25, -0.2) is 17.8 Å². The van der Waals surface area contributed by atoms with Crippen LogP contribution in [0, 0.1) is 5.82 Å². The Morgan fingerprint density at radius 2 is 1.90 bits per heavy atom. The van der Waals surface area contributed by atoms with E-state index in [1.807, 2.05) is 17.5 Å². The highest BCUT2D eigenvalue weighted by molar-refractivity contribution is 7.90. The summed E-state index contributed by atoms with van der Waals surface area (Å²) in [5.41, 5.74) is 1.33. The number of nitrogens with one attached hydrogen (secondary N) is 1. The fourth-order valence-corrected chi connectivity index (χ4v) is 7.53. The highest BCUT2D eigenvalue weighted by Crippen LogP contribution is 2.41. The number of sulfonamides is 1. The molecule has 2 aliphatic heterocycles. The van der Waals surface area contributed by atoms with Crippen molar-refractivity contribution in [2.75, 3.05) is 37.8 Å². The van der Waals surface area contributed by atoms with Crippen LogP contribution in [0.2, 0.25) is 0 Å². The molecule has 1 saturated heterocycles. The maximum absolute atomic E-state index is 14.4. The Bertz CT molecular complexity index is 1440. The van der Waals surface area contributed by atoms with Crippen molar-refractivity contribution in [2.45, 2.75) is 37.2 Å². The maximum Gasteiger partial charge on any atom is 0.301 e. The number of aromatic nitrogens is 1. The molecule has 2 aromatic carbocycles. The predicted octanol–water partition coefficient (Wildman–Crippen LogP) is 4.03. The second-order valence-corrected chi connectivity index (χ2v) is 12.5. The van der Waals surface area contributed by atoms with Crippen molar-refractivity contribution in [2.24, 2.45) is 4.40 Å². The van der Waals surface area contributed by atoms with Gasteiger partial charge in [0.2, 0.25) is 0 Å². The first-order valence-corrected chi connectivity index (χ1v) is 15.1. The van der Waals surface area contributed by atoms with Crippen LogP contribution in [-0.4, -0.2) is 63.0 Å². The first kappa shape index (κ1) is 27.5. The number of rotatable bonds is 7. The van der Waals surface area contributed by atoms with Gasteiger partial charge in [0.15, 0.2) is 5.13 Å². The van der Waals surface area contributed by atoms with Crippen LogP contribution in [0.3, 0.4) is 0 Å². The number of amidine groups is 1. The fourth-order valence-electron chi connectivity index (χ4n) is 4.94. The van der Waals surface area contributed by atoms with Crippen LogP contribution < -0.4 is 10.2 Å². The van der Waals surface area contributed by atoms with Crippen molar-refractivity contribution in [3.05, 3.63) is 70.9 Å². The summed E-state index contributed by atoms with van der Waals surface area (Å²) in [6.07, 6.45) is 0.137. The van der Waals surface area contributed by atoms with Gasteiger partial charge in [0.1, 0.15) is 16.7 Å². The summed E-state index contributed by atoms with van der Waals surface area (Å²) >= 11 is 1.57. The van der Waals surface area contributed by atoms with Gasteiger partial charge in [-0.1, -0.05) is 42.5 Å². The molecule has 0 radical (unpaired) electrons. The third-order valence-electron chi connectivity index (χ3n) is 6.78.